The van der Waals surface area contributed by atoms with Gasteiger partial charge in [0, 0.05) is 25.9 Å². The number of aryl methyl sites for hydroxylation is 1. The average molecular weight is 314 g/mol. The van der Waals surface area contributed by atoms with Gasteiger partial charge in [0.1, 0.15) is 17.4 Å². The van der Waals surface area contributed by atoms with Crippen molar-refractivity contribution in [1.82, 2.24) is 20.1 Å². The number of rotatable bonds is 6. The largest absolute Gasteiger partial charge is 0.484 e. The van der Waals surface area contributed by atoms with Crippen molar-refractivity contribution in [2.75, 3.05) is 13.2 Å². The third-order valence-corrected chi connectivity index (χ3v) is 3.97. The molecule has 1 aromatic heterocycles. The van der Waals surface area contributed by atoms with Gasteiger partial charge in [0.15, 0.2) is 6.61 Å². The van der Waals surface area contributed by atoms with Gasteiger partial charge in [-0.1, -0.05) is 24.6 Å². The number of ether oxygens (including phenoxy) is 1. The summed E-state index contributed by atoms with van der Waals surface area (Å²) in [6, 6.07) is 9.33. The molecule has 0 bridgehead atoms. The van der Waals surface area contributed by atoms with Crippen LogP contribution in [0.1, 0.15) is 30.9 Å². The lowest BCUT2D eigenvalue weighted by atomic mass is 10.2. The molecule has 0 atom stereocenters. The average Bonchev–Trinajstić information content (AvgIpc) is 2.81. The Kier molecular flexibility index (Phi) is 5.24. The highest BCUT2D eigenvalue weighted by molar-refractivity contribution is 5.77. The number of para-hydroxylation sites is 1. The molecule has 2 heterocycles. The highest BCUT2D eigenvalue weighted by atomic mass is 16.5. The predicted octanol–water partition coefficient (Wildman–Crippen LogP) is 1.74. The number of aromatic nitrogens is 3. The van der Waals surface area contributed by atoms with Gasteiger partial charge < -0.3 is 14.6 Å². The van der Waals surface area contributed by atoms with Gasteiger partial charge in [0.25, 0.3) is 5.91 Å². The highest BCUT2D eigenvalue weighted by Gasteiger charge is 2.14. The standard InChI is InChI=1S/C17H22N4O2/c22-17(13-23-14-7-3-1-4-8-14)18-11-10-16-20-19-15-9-5-2-6-12-21(15)16/h1,3-4,7-8H,2,5-6,9-13H2,(H,18,22). The van der Waals surface area contributed by atoms with E-state index in [9.17, 15) is 4.79 Å². The van der Waals surface area contributed by atoms with Crippen LogP contribution >= 0.6 is 0 Å². The molecule has 0 unspecified atom stereocenters. The van der Waals surface area contributed by atoms with Crippen molar-refractivity contribution in [1.29, 1.82) is 0 Å². The highest BCUT2D eigenvalue weighted by Crippen LogP contribution is 2.14. The third kappa shape index (κ3) is 4.31. The molecule has 6 nitrogen and oxygen atoms in total. The summed E-state index contributed by atoms with van der Waals surface area (Å²) < 4.78 is 7.63. The number of carbonyl (C=O) groups excluding carboxylic acids is 1. The van der Waals surface area contributed by atoms with Crippen molar-refractivity contribution in [3.8, 4) is 5.75 Å². The maximum Gasteiger partial charge on any atom is 0.257 e. The van der Waals surface area contributed by atoms with Crippen LogP contribution in [0.25, 0.3) is 0 Å². The number of hydrogen-bond donors (Lipinski definition) is 1. The van der Waals surface area contributed by atoms with Crippen LogP contribution in [-0.2, 0) is 24.2 Å². The van der Waals surface area contributed by atoms with Gasteiger partial charge in [-0.25, -0.2) is 0 Å². The van der Waals surface area contributed by atoms with Gasteiger partial charge >= 0.3 is 0 Å². The minimum Gasteiger partial charge on any atom is -0.484 e. The molecule has 2 aromatic rings. The number of carbonyl (C=O) groups is 1. The van der Waals surface area contributed by atoms with Crippen molar-refractivity contribution in [3.05, 3.63) is 42.0 Å². The van der Waals surface area contributed by atoms with E-state index in [1.807, 2.05) is 30.3 Å². The molecular weight excluding hydrogens is 292 g/mol. The van der Waals surface area contributed by atoms with Crippen molar-refractivity contribution in [3.63, 3.8) is 0 Å². The number of hydrogen-bond acceptors (Lipinski definition) is 4. The topological polar surface area (TPSA) is 69.0 Å². The molecule has 1 amide bonds. The summed E-state index contributed by atoms with van der Waals surface area (Å²) in [4.78, 5) is 11.8. The zero-order chi connectivity index (χ0) is 15.9. The number of fused-ring (bicyclic) bond motifs is 1. The van der Waals surface area contributed by atoms with Gasteiger partial charge in [0.2, 0.25) is 0 Å². The Morgan fingerprint density at radius 2 is 2.04 bits per heavy atom. The fourth-order valence-electron chi connectivity index (χ4n) is 2.76. The molecule has 1 aliphatic heterocycles. The normalized spacial score (nSPS) is 13.9. The van der Waals surface area contributed by atoms with Crippen LogP contribution in [-0.4, -0.2) is 33.8 Å². The fraction of sp³-hybridized carbons (Fsp3) is 0.471. The Morgan fingerprint density at radius 3 is 2.91 bits per heavy atom. The van der Waals surface area contributed by atoms with Gasteiger partial charge in [0.05, 0.1) is 0 Å². The summed E-state index contributed by atoms with van der Waals surface area (Å²) in [5.74, 6) is 2.62. The Balaban J connectivity index is 1.43. The molecule has 1 aromatic carbocycles. The van der Waals surface area contributed by atoms with Gasteiger partial charge in [-0.3, -0.25) is 4.79 Å². The van der Waals surface area contributed by atoms with Crippen molar-refractivity contribution in [2.45, 2.75) is 38.6 Å². The monoisotopic (exact) mass is 314 g/mol. The predicted molar refractivity (Wildman–Crippen MR) is 86.2 cm³/mol. The lowest BCUT2D eigenvalue weighted by Gasteiger charge is -2.09. The summed E-state index contributed by atoms with van der Waals surface area (Å²) in [6.45, 7) is 1.57. The summed E-state index contributed by atoms with van der Waals surface area (Å²) in [6.07, 6.45) is 5.31. The molecule has 6 heteroatoms. The van der Waals surface area contributed by atoms with E-state index in [2.05, 4.69) is 20.1 Å². The maximum atomic E-state index is 11.8. The van der Waals surface area contributed by atoms with Gasteiger partial charge in [-0.05, 0) is 25.0 Å². The first-order valence-corrected chi connectivity index (χ1v) is 8.18. The summed E-state index contributed by atoms with van der Waals surface area (Å²) in [7, 11) is 0. The van der Waals surface area contributed by atoms with Crippen LogP contribution in [0, 0.1) is 0 Å². The van der Waals surface area contributed by atoms with E-state index < -0.39 is 0 Å². The molecule has 122 valence electrons. The second-order valence-electron chi connectivity index (χ2n) is 5.70. The lowest BCUT2D eigenvalue weighted by Crippen LogP contribution is -2.31. The molecule has 0 radical (unpaired) electrons. The number of nitrogens with one attached hydrogen (secondary N) is 1. The van der Waals surface area contributed by atoms with Crippen LogP contribution in [0.2, 0.25) is 0 Å². The maximum absolute atomic E-state index is 11.8. The molecule has 0 spiro atoms. The number of benzene rings is 1. The summed E-state index contributed by atoms with van der Waals surface area (Å²) in [5, 5.41) is 11.4. The smallest absolute Gasteiger partial charge is 0.257 e. The molecule has 0 fully saturated rings. The molecule has 23 heavy (non-hydrogen) atoms. The van der Waals surface area contributed by atoms with E-state index in [-0.39, 0.29) is 12.5 Å². The molecule has 0 saturated heterocycles. The summed E-state index contributed by atoms with van der Waals surface area (Å²) in [5.41, 5.74) is 0. The van der Waals surface area contributed by atoms with Crippen LogP contribution in [0.5, 0.6) is 5.75 Å². The van der Waals surface area contributed by atoms with Gasteiger partial charge in [-0.2, -0.15) is 0 Å². The fourth-order valence-corrected chi connectivity index (χ4v) is 2.76. The molecule has 0 saturated carbocycles. The Hall–Kier alpha value is -2.37. The van der Waals surface area contributed by atoms with E-state index in [1.165, 1.54) is 19.3 Å². The van der Waals surface area contributed by atoms with Gasteiger partial charge in [-0.15, -0.1) is 10.2 Å². The van der Waals surface area contributed by atoms with E-state index >= 15 is 0 Å². The Labute approximate surface area is 135 Å². The van der Waals surface area contributed by atoms with Crippen molar-refractivity contribution in [2.24, 2.45) is 0 Å². The molecular formula is C17H22N4O2. The zero-order valence-electron chi connectivity index (χ0n) is 13.2. The SMILES string of the molecule is O=C(COc1ccccc1)NCCc1nnc2n1CCCCC2. The Bertz CT molecular complexity index is 639. The minimum atomic E-state index is -0.121. The summed E-state index contributed by atoms with van der Waals surface area (Å²) >= 11 is 0. The second-order valence-corrected chi connectivity index (χ2v) is 5.70. The second kappa shape index (κ2) is 7.76. The van der Waals surface area contributed by atoms with Crippen LogP contribution in [0.4, 0.5) is 0 Å². The molecule has 1 aliphatic rings. The lowest BCUT2D eigenvalue weighted by molar-refractivity contribution is -0.123. The first-order valence-electron chi connectivity index (χ1n) is 8.18. The van der Waals surface area contributed by atoms with E-state index in [4.69, 9.17) is 4.74 Å². The number of amides is 1. The molecule has 1 N–H and O–H groups in total. The minimum absolute atomic E-state index is 0.0297. The van der Waals surface area contributed by atoms with E-state index in [1.54, 1.807) is 0 Å². The molecule has 3 rings (SSSR count). The van der Waals surface area contributed by atoms with Crippen LogP contribution in [0.3, 0.4) is 0 Å². The van der Waals surface area contributed by atoms with Crippen molar-refractivity contribution >= 4 is 5.91 Å². The van der Waals surface area contributed by atoms with Crippen LogP contribution in [0.15, 0.2) is 30.3 Å². The van der Waals surface area contributed by atoms with E-state index in [0.717, 1.165) is 24.6 Å². The van der Waals surface area contributed by atoms with E-state index in [0.29, 0.717) is 18.7 Å². The first kappa shape index (κ1) is 15.5. The molecule has 0 aliphatic carbocycles. The third-order valence-electron chi connectivity index (χ3n) is 3.97. The van der Waals surface area contributed by atoms with Crippen LogP contribution < -0.4 is 10.1 Å². The Morgan fingerprint density at radius 1 is 1.17 bits per heavy atom. The zero-order valence-corrected chi connectivity index (χ0v) is 13.2. The first-order chi connectivity index (χ1) is 11.3. The van der Waals surface area contributed by atoms with Crippen molar-refractivity contribution < 1.29 is 9.53 Å². The quantitative estimate of drug-likeness (QED) is 0.882. The number of nitrogens with zero attached hydrogens (tertiary/aromatic N) is 3.